The van der Waals surface area contributed by atoms with E-state index < -0.39 is 0 Å². The highest BCUT2D eigenvalue weighted by Crippen LogP contribution is 2.27. The number of aromatic nitrogens is 2. The Morgan fingerprint density at radius 2 is 1.65 bits per heavy atom. The first-order valence-corrected chi connectivity index (χ1v) is 6.87. The van der Waals surface area contributed by atoms with E-state index in [9.17, 15) is 0 Å². The molecule has 0 bridgehead atoms. The molecular formula is C16H23N3O. The van der Waals surface area contributed by atoms with Crippen molar-refractivity contribution in [3.05, 3.63) is 46.1 Å². The van der Waals surface area contributed by atoms with Crippen molar-refractivity contribution < 1.29 is 4.52 Å². The first-order valence-electron chi connectivity index (χ1n) is 6.87. The van der Waals surface area contributed by atoms with E-state index >= 15 is 0 Å². The van der Waals surface area contributed by atoms with Crippen LogP contribution in [0.5, 0.6) is 0 Å². The fourth-order valence-electron chi connectivity index (χ4n) is 2.48. The molecule has 4 nitrogen and oxygen atoms in total. The van der Waals surface area contributed by atoms with Gasteiger partial charge in [-0.15, -0.1) is 0 Å². The summed E-state index contributed by atoms with van der Waals surface area (Å²) in [4.78, 5) is 4.46. The van der Waals surface area contributed by atoms with Crippen molar-refractivity contribution in [3.63, 3.8) is 0 Å². The first-order chi connectivity index (χ1) is 9.20. The van der Waals surface area contributed by atoms with Crippen LogP contribution in [0.25, 0.3) is 0 Å². The SMILES string of the molecule is Cc1cc(C)c(C(N)c2noc(C(C)(C)C)n2)c(C)c1. The van der Waals surface area contributed by atoms with Gasteiger partial charge in [0, 0.05) is 5.41 Å². The second-order valence-electron chi connectivity index (χ2n) is 6.50. The molecule has 1 aromatic carbocycles. The summed E-state index contributed by atoms with van der Waals surface area (Å²) < 4.78 is 5.33. The fourth-order valence-corrected chi connectivity index (χ4v) is 2.48. The van der Waals surface area contributed by atoms with Crippen LogP contribution in [-0.4, -0.2) is 10.1 Å². The lowest BCUT2D eigenvalue weighted by Crippen LogP contribution is -2.17. The highest BCUT2D eigenvalue weighted by atomic mass is 16.5. The molecule has 1 atom stereocenters. The Kier molecular flexibility index (Phi) is 3.69. The van der Waals surface area contributed by atoms with E-state index in [-0.39, 0.29) is 11.5 Å². The van der Waals surface area contributed by atoms with Crippen molar-refractivity contribution >= 4 is 0 Å². The Bertz CT molecular complexity index is 600. The Hall–Kier alpha value is -1.68. The topological polar surface area (TPSA) is 64.9 Å². The predicted octanol–water partition coefficient (Wildman–Crippen LogP) is 3.34. The predicted molar refractivity (Wildman–Crippen MR) is 79.7 cm³/mol. The van der Waals surface area contributed by atoms with Crippen molar-refractivity contribution in [3.8, 4) is 0 Å². The van der Waals surface area contributed by atoms with Gasteiger partial charge in [0.05, 0.1) is 6.04 Å². The zero-order valence-electron chi connectivity index (χ0n) is 13.1. The van der Waals surface area contributed by atoms with E-state index in [0.29, 0.717) is 11.7 Å². The smallest absolute Gasteiger partial charge is 0.232 e. The maximum Gasteiger partial charge on any atom is 0.232 e. The molecule has 0 fully saturated rings. The lowest BCUT2D eigenvalue weighted by molar-refractivity contribution is 0.317. The summed E-state index contributed by atoms with van der Waals surface area (Å²) >= 11 is 0. The summed E-state index contributed by atoms with van der Waals surface area (Å²) in [7, 11) is 0. The van der Waals surface area contributed by atoms with Gasteiger partial charge in [-0.1, -0.05) is 43.6 Å². The van der Waals surface area contributed by atoms with Crippen LogP contribution in [0, 0.1) is 20.8 Å². The van der Waals surface area contributed by atoms with Gasteiger partial charge in [0.1, 0.15) is 0 Å². The summed E-state index contributed by atoms with van der Waals surface area (Å²) in [5.41, 5.74) is 10.8. The molecule has 4 heteroatoms. The number of rotatable bonds is 2. The average Bonchev–Trinajstić information content (AvgIpc) is 2.75. The van der Waals surface area contributed by atoms with E-state index in [1.807, 2.05) is 20.8 Å². The number of aryl methyl sites for hydroxylation is 3. The number of nitrogens with zero attached hydrogens (tertiary/aromatic N) is 2. The molecule has 0 radical (unpaired) electrons. The Balaban J connectivity index is 2.42. The van der Waals surface area contributed by atoms with Crippen LogP contribution < -0.4 is 5.73 Å². The Morgan fingerprint density at radius 1 is 1.10 bits per heavy atom. The molecule has 0 aliphatic rings. The lowest BCUT2D eigenvalue weighted by Gasteiger charge is -2.15. The van der Waals surface area contributed by atoms with E-state index in [4.69, 9.17) is 10.3 Å². The van der Waals surface area contributed by atoms with Gasteiger partial charge < -0.3 is 10.3 Å². The minimum absolute atomic E-state index is 0.164. The van der Waals surface area contributed by atoms with Crippen molar-refractivity contribution in [1.29, 1.82) is 0 Å². The monoisotopic (exact) mass is 273 g/mol. The van der Waals surface area contributed by atoms with Crippen LogP contribution in [0.15, 0.2) is 16.7 Å². The zero-order chi connectivity index (χ0) is 15.1. The molecule has 0 saturated carbocycles. The average molecular weight is 273 g/mol. The van der Waals surface area contributed by atoms with Crippen molar-refractivity contribution in [2.45, 2.75) is 53.0 Å². The van der Waals surface area contributed by atoms with Gasteiger partial charge in [-0.25, -0.2) is 0 Å². The maximum absolute atomic E-state index is 6.34. The second-order valence-corrected chi connectivity index (χ2v) is 6.50. The number of nitrogens with two attached hydrogens (primary N) is 1. The molecule has 0 aliphatic carbocycles. The van der Waals surface area contributed by atoms with Crippen LogP contribution in [0.2, 0.25) is 0 Å². The van der Waals surface area contributed by atoms with E-state index in [1.165, 1.54) is 5.56 Å². The van der Waals surface area contributed by atoms with Crippen LogP contribution in [-0.2, 0) is 5.41 Å². The van der Waals surface area contributed by atoms with E-state index in [2.05, 4.69) is 43.0 Å². The first kappa shape index (κ1) is 14.7. The van der Waals surface area contributed by atoms with Crippen LogP contribution in [0.1, 0.15) is 60.8 Å². The highest BCUT2D eigenvalue weighted by Gasteiger charge is 2.25. The third-order valence-corrected chi connectivity index (χ3v) is 3.41. The van der Waals surface area contributed by atoms with Crippen molar-refractivity contribution in [2.24, 2.45) is 5.73 Å². The summed E-state index contributed by atoms with van der Waals surface area (Å²) in [6.45, 7) is 12.3. The molecule has 0 aliphatic heterocycles. The number of hydrogen-bond acceptors (Lipinski definition) is 4. The fraction of sp³-hybridized carbons (Fsp3) is 0.500. The molecule has 1 heterocycles. The summed E-state index contributed by atoms with van der Waals surface area (Å²) in [5, 5.41) is 4.05. The third-order valence-electron chi connectivity index (χ3n) is 3.41. The Morgan fingerprint density at radius 3 is 2.10 bits per heavy atom. The number of benzene rings is 1. The molecule has 1 aromatic heterocycles. The second kappa shape index (κ2) is 5.02. The maximum atomic E-state index is 6.34. The van der Waals surface area contributed by atoms with Crippen molar-refractivity contribution in [2.75, 3.05) is 0 Å². The molecule has 108 valence electrons. The number of hydrogen-bond donors (Lipinski definition) is 1. The molecule has 0 amide bonds. The van der Waals surface area contributed by atoms with Gasteiger partial charge in [-0.05, 0) is 37.5 Å². The highest BCUT2D eigenvalue weighted by molar-refractivity contribution is 5.41. The van der Waals surface area contributed by atoms with Crippen LogP contribution in [0.4, 0.5) is 0 Å². The molecule has 2 aromatic rings. The largest absolute Gasteiger partial charge is 0.339 e. The van der Waals surface area contributed by atoms with Gasteiger partial charge in [0.15, 0.2) is 5.82 Å². The minimum atomic E-state index is -0.351. The van der Waals surface area contributed by atoms with Gasteiger partial charge in [-0.3, -0.25) is 0 Å². The minimum Gasteiger partial charge on any atom is -0.339 e. The normalized spacial score (nSPS) is 13.6. The standard InChI is InChI=1S/C16H23N3O/c1-9-7-10(2)12(11(3)8-9)13(17)14-18-15(20-19-14)16(4,5)6/h7-8,13H,17H2,1-6H3. The lowest BCUT2D eigenvalue weighted by atomic mass is 9.94. The molecular weight excluding hydrogens is 250 g/mol. The van der Waals surface area contributed by atoms with E-state index in [1.54, 1.807) is 0 Å². The summed E-state index contributed by atoms with van der Waals surface area (Å²) in [6.07, 6.45) is 0. The van der Waals surface area contributed by atoms with Crippen LogP contribution >= 0.6 is 0 Å². The molecule has 0 saturated heterocycles. The quantitative estimate of drug-likeness (QED) is 0.911. The van der Waals surface area contributed by atoms with Crippen molar-refractivity contribution in [1.82, 2.24) is 10.1 Å². The molecule has 1 unspecified atom stereocenters. The molecule has 2 N–H and O–H groups in total. The zero-order valence-corrected chi connectivity index (χ0v) is 13.1. The van der Waals surface area contributed by atoms with Gasteiger partial charge >= 0.3 is 0 Å². The van der Waals surface area contributed by atoms with Gasteiger partial charge in [0.2, 0.25) is 5.89 Å². The van der Waals surface area contributed by atoms with Gasteiger partial charge in [-0.2, -0.15) is 4.98 Å². The summed E-state index contributed by atoms with van der Waals surface area (Å²) in [5.74, 6) is 1.16. The molecule has 0 spiro atoms. The van der Waals surface area contributed by atoms with E-state index in [0.717, 1.165) is 16.7 Å². The summed E-state index contributed by atoms with van der Waals surface area (Å²) in [6, 6.07) is 3.91. The molecule has 2 rings (SSSR count). The van der Waals surface area contributed by atoms with Gasteiger partial charge in [0.25, 0.3) is 0 Å². The molecule has 20 heavy (non-hydrogen) atoms. The van der Waals surface area contributed by atoms with Crippen LogP contribution in [0.3, 0.4) is 0 Å². The Labute approximate surface area is 120 Å². The third kappa shape index (κ3) is 2.75.